The van der Waals surface area contributed by atoms with Gasteiger partial charge in [-0.3, -0.25) is 0 Å². The lowest BCUT2D eigenvalue weighted by Gasteiger charge is -2.28. The third-order valence-electron chi connectivity index (χ3n) is 3.54. The van der Waals surface area contributed by atoms with Crippen molar-refractivity contribution < 1.29 is 13.2 Å². The maximum Gasteiger partial charge on any atom is 0.152 e. The van der Waals surface area contributed by atoms with Crippen LogP contribution in [0.2, 0.25) is 0 Å². The van der Waals surface area contributed by atoms with Gasteiger partial charge in [-0.05, 0) is 38.0 Å². The molecule has 0 aromatic heterocycles. The normalized spacial score (nSPS) is 40.5. The van der Waals surface area contributed by atoms with Gasteiger partial charge in [0.1, 0.15) is 0 Å². The van der Waals surface area contributed by atoms with E-state index in [4.69, 9.17) is 4.74 Å². The molecule has 2 aliphatic rings. The fraction of sp³-hybridized carbons (Fsp3) is 1.00. The molecule has 1 saturated heterocycles. The summed E-state index contributed by atoms with van der Waals surface area (Å²) in [6.07, 6.45) is 5.67. The Morgan fingerprint density at radius 1 is 1.00 bits per heavy atom. The Morgan fingerprint density at radius 2 is 1.67 bits per heavy atom. The highest BCUT2D eigenvalue weighted by molar-refractivity contribution is 7.91. The highest BCUT2D eigenvalue weighted by atomic mass is 32.2. The highest BCUT2D eigenvalue weighted by Crippen LogP contribution is 2.28. The van der Waals surface area contributed by atoms with E-state index in [0.29, 0.717) is 18.3 Å². The number of sulfone groups is 1. The third kappa shape index (κ3) is 3.18. The summed E-state index contributed by atoms with van der Waals surface area (Å²) in [5.41, 5.74) is 0. The molecule has 1 atom stereocenters. The van der Waals surface area contributed by atoms with Crippen LogP contribution in [-0.4, -0.2) is 32.1 Å². The molecule has 1 unspecified atom stereocenters. The van der Waals surface area contributed by atoms with Crippen molar-refractivity contribution >= 4 is 9.84 Å². The maximum atomic E-state index is 11.3. The van der Waals surface area contributed by atoms with Crippen LogP contribution < -0.4 is 0 Å². The number of rotatable bonds is 2. The Bertz CT molecular complexity index is 302. The fourth-order valence-electron chi connectivity index (χ4n) is 2.51. The highest BCUT2D eigenvalue weighted by Gasteiger charge is 2.31. The van der Waals surface area contributed by atoms with Gasteiger partial charge < -0.3 is 4.74 Å². The van der Waals surface area contributed by atoms with Crippen LogP contribution in [0.1, 0.15) is 39.0 Å². The third-order valence-corrected chi connectivity index (χ3v) is 5.28. The zero-order valence-corrected chi connectivity index (χ0v) is 10.1. The summed E-state index contributed by atoms with van der Waals surface area (Å²) in [6.45, 7) is 2.27. The summed E-state index contributed by atoms with van der Waals surface area (Å²) in [5.74, 6) is 1.39. The average molecular weight is 232 g/mol. The monoisotopic (exact) mass is 232 g/mol. The Morgan fingerprint density at radius 3 is 2.20 bits per heavy atom. The van der Waals surface area contributed by atoms with Gasteiger partial charge in [0.15, 0.2) is 9.84 Å². The fourth-order valence-corrected chi connectivity index (χ4v) is 4.11. The van der Waals surface area contributed by atoms with Gasteiger partial charge in [0, 0.05) is 0 Å². The second-order valence-electron chi connectivity index (χ2n) is 5.04. The van der Waals surface area contributed by atoms with Gasteiger partial charge in [-0.1, -0.05) is 6.92 Å². The first kappa shape index (κ1) is 11.4. The molecule has 0 spiro atoms. The van der Waals surface area contributed by atoms with Crippen LogP contribution in [0.15, 0.2) is 0 Å². The molecule has 3 nitrogen and oxygen atoms in total. The molecule has 2 rings (SSSR count). The van der Waals surface area contributed by atoms with Gasteiger partial charge in [0.05, 0.1) is 23.7 Å². The molecule has 2 fully saturated rings. The first-order valence-electron chi connectivity index (χ1n) is 5.91. The Balaban J connectivity index is 1.78. The predicted molar refractivity (Wildman–Crippen MR) is 59.6 cm³/mol. The van der Waals surface area contributed by atoms with Crippen molar-refractivity contribution in [3.8, 4) is 0 Å². The van der Waals surface area contributed by atoms with Gasteiger partial charge in [-0.15, -0.1) is 0 Å². The van der Waals surface area contributed by atoms with Crippen molar-refractivity contribution in [3.05, 3.63) is 0 Å². The molecule has 4 heteroatoms. The maximum absolute atomic E-state index is 11.3. The van der Waals surface area contributed by atoms with Crippen molar-refractivity contribution in [1.29, 1.82) is 0 Å². The van der Waals surface area contributed by atoms with E-state index in [-0.39, 0.29) is 11.9 Å². The van der Waals surface area contributed by atoms with E-state index < -0.39 is 9.84 Å². The molecule has 88 valence electrons. The lowest BCUT2D eigenvalue weighted by Crippen LogP contribution is -2.26. The smallest absolute Gasteiger partial charge is 0.152 e. The number of hydrogen-bond donors (Lipinski definition) is 0. The van der Waals surface area contributed by atoms with Crippen LogP contribution in [0.3, 0.4) is 0 Å². The molecule has 0 radical (unpaired) electrons. The van der Waals surface area contributed by atoms with Crippen molar-refractivity contribution in [2.45, 2.75) is 51.2 Å². The van der Waals surface area contributed by atoms with E-state index in [1.807, 2.05) is 0 Å². The van der Waals surface area contributed by atoms with Crippen LogP contribution in [0.5, 0.6) is 0 Å². The van der Waals surface area contributed by atoms with Crippen molar-refractivity contribution in [1.82, 2.24) is 0 Å². The number of ether oxygens (including phenoxy) is 1. The summed E-state index contributed by atoms with van der Waals surface area (Å²) in [4.78, 5) is 0. The van der Waals surface area contributed by atoms with E-state index in [9.17, 15) is 8.42 Å². The molecule has 1 aliphatic carbocycles. The zero-order chi connectivity index (χ0) is 10.9. The van der Waals surface area contributed by atoms with Crippen LogP contribution >= 0.6 is 0 Å². The van der Waals surface area contributed by atoms with Crippen molar-refractivity contribution in [2.24, 2.45) is 5.92 Å². The summed E-state index contributed by atoms with van der Waals surface area (Å²) < 4.78 is 28.4. The lowest BCUT2D eigenvalue weighted by atomic mass is 9.89. The van der Waals surface area contributed by atoms with Crippen LogP contribution in [0, 0.1) is 5.92 Å². The van der Waals surface area contributed by atoms with Crippen molar-refractivity contribution in [2.75, 3.05) is 11.5 Å². The molecule has 1 saturated carbocycles. The first-order valence-corrected chi connectivity index (χ1v) is 7.73. The summed E-state index contributed by atoms with van der Waals surface area (Å²) in [5, 5.41) is 0. The summed E-state index contributed by atoms with van der Waals surface area (Å²) in [7, 11) is -2.78. The van der Waals surface area contributed by atoms with Crippen LogP contribution in [0.25, 0.3) is 0 Å². The Hall–Kier alpha value is -0.0900. The van der Waals surface area contributed by atoms with Crippen LogP contribution in [0.4, 0.5) is 0 Å². The minimum absolute atomic E-state index is 0.0200. The van der Waals surface area contributed by atoms with Gasteiger partial charge in [-0.25, -0.2) is 8.42 Å². The summed E-state index contributed by atoms with van der Waals surface area (Å²) in [6, 6.07) is 0. The molecule has 0 amide bonds. The van der Waals surface area contributed by atoms with E-state index >= 15 is 0 Å². The quantitative estimate of drug-likeness (QED) is 0.728. The predicted octanol–water partition coefficient (Wildman–Crippen LogP) is 1.77. The second-order valence-corrected chi connectivity index (χ2v) is 7.27. The molecule has 0 bridgehead atoms. The topological polar surface area (TPSA) is 43.4 Å². The second kappa shape index (κ2) is 4.42. The van der Waals surface area contributed by atoms with Crippen molar-refractivity contribution in [3.63, 3.8) is 0 Å². The minimum Gasteiger partial charge on any atom is -0.374 e. The average Bonchev–Trinajstić information content (AvgIpc) is 2.50. The van der Waals surface area contributed by atoms with Gasteiger partial charge in [-0.2, -0.15) is 0 Å². The molecule has 15 heavy (non-hydrogen) atoms. The van der Waals surface area contributed by atoms with E-state index in [2.05, 4.69) is 6.92 Å². The van der Waals surface area contributed by atoms with E-state index in [1.54, 1.807) is 0 Å². The van der Waals surface area contributed by atoms with Gasteiger partial charge >= 0.3 is 0 Å². The number of hydrogen-bond acceptors (Lipinski definition) is 3. The Labute approximate surface area is 92.1 Å². The zero-order valence-electron chi connectivity index (χ0n) is 9.31. The first-order chi connectivity index (χ1) is 7.05. The van der Waals surface area contributed by atoms with Gasteiger partial charge in [0.2, 0.25) is 0 Å². The molecular formula is C11H20O3S. The minimum atomic E-state index is -2.78. The van der Waals surface area contributed by atoms with Gasteiger partial charge in [0.25, 0.3) is 0 Å². The van der Waals surface area contributed by atoms with E-state index in [0.717, 1.165) is 18.8 Å². The molecule has 0 aromatic rings. The summed E-state index contributed by atoms with van der Waals surface area (Å²) >= 11 is 0. The van der Waals surface area contributed by atoms with Crippen LogP contribution in [-0.2, 0) is 14.6 Å². The molecule has 0 aromatic carbocycles. The molecule has 0 N–H and O–H groups in total. The molecule has 1 heterocycles. The van der Waals surface area contributed by atoms with E-state index in [1.165, 1.54) is 12.8 Å². The molecule has 1 aliphatic heterocycles. The standard InChI is InChI=1S/C11H20O3S/c1-9-2-4-10(5-3-9)14-11-6-7-15(12,13)8-11/h9-11H,2-8H2,1H3. The SMILES string of the molecule is CC1CCC(OC2CCS(=O)(=O)C2)CC1. The largest absolute Gasteiger partial charge is 0.374 e. The lowest BCUT2D eigenvalue weighted by molar-refractivity contribution is -0.0232. The Kier molecular flexibility index (Phi) is 3.36. The molecular weight excluding hydrogens is 212 g/mol.